The summed E-state index contributed by atoms with van der Waals surface area (Å²) in [4.78, 5) is 10.6. The molecule has 10 heteroatoms. The van der Waals surface area contributed by atoms with Gasteiger partial charge in [0.25, 0.3) is 10.0 Å². The summed E-state index contributed by atoms with van der Waals surface area (Å²) >= 11 is 0. The molecule has 0 atom stereocenters. The second-order valence-electron chi connectivity index (χ2n) is 3.78. The second-order valence-corrected chi connectivity index (χ2v) is 5.39. The molecule has 0 spiro atoms. The molecule has 2 rings (SSSR count). The number of furan rings is 1. The molecule has 1 heterocycles. The first-order valence-corrected chi connectivity index (χ1v) is 6.69. The third-order valence-corrected chi connectivity index (χ3v) is 3.53. The van der Waals surface area contributed by atoms with Crippen LogP contribution in [0.2, 0.25) is 0 Å². The smallest absolute Gasteiger partial charge is 0.371 e. The number of anilines is 1. The molecule has 0 saturated heterocycles. The van der Waals surface area contributed by atoms with Crippen molar-refractivity contribution in [3.8, 4) is 0 Å². The fraction of sp³-hybridized carbons (Fsp3) is 0. The number of sulfonamides is 1. The van der Waals surface area contributed by atoms with Crippen LogP contribution in [0.15, 0.2) is 33.8 Å². The van der Waals surface area contributed by atoms with Gasteiger partial charge in [-0.15, -0.1) is 0 Å². The van der Waals surface area contributed by atoms with Crippen molar-refractivity contribution in [3.63, 3.8) is 0 Å². The van der Waals surface area contributed by atoms with Crippen molar-refractivity contribution >= 4 is 21.7 Å². The minimum absolute atomic E-state index is 0.239. The van der Waals surface area contributed by atoms with Crippen LogP contribution in [-0.2, 0) is 10.0 Å². The fourth-order valence-corrected chi connectivity index (χ4v) is 2.39. The van der Waals surface area contributed by atoms with E-state index >= 15 is 0 Å². The van der Waals surface area contributed by atoms with Crippen molar-refractivity contribution in [2.24, 2.45) is 0 Å². The number of carboxylic acids is 1. The molecule has 0 radical (unpaired) electrons. The maximum atomic E-state index is 13.4. The fourth-order valence-electron chi connectivity index (χ4n) is 1.40. The average Bonchev–Trinajstić information content (AvgIpc) is 2.85. The normalized spacial score (nSPS) is 11.4. The van der Waals surface area contributed by atoms with Gasteiger partial charge in [0.1, 0.15) is 5.82 Å². The highest BCUT2D eigenvalue weighted by molar-refractivity contribution is 7.92. The van der Waals surface area contributed by atoms with Crippen molar-refractivity contribution in [1.29, 1.82) is 0 Å². The van der Waals surface area contributed by atoms with Gasteiger partial charge in [0, 0.05) is 12.1 Å². The Hall–Kier alpha value is -2.49. The lowest BCUT2D eigenvalue weighted by Crippen LogP contribution is -2.14. The summed E-state index contributed by atoms with van der Waals surface area (Å²) in [5, 5.41) is 7.76. The summed E-state index contributed by atoms with van der Waals surface area (Å²) in [7, 11) is -4.54. The van der Waals surface area contributed by atoms with Gasteiger partial charge < -0.3 is 9.52 Å². The number of carboxylic acid groups (broad SMARTS) is 1. The summed E-state index contributed by atoms with van der Waals surface area (Å²) in [5.41, 5.74) is -0.972. The molecule has 2 N–H and O–H groups in total. The monoisotopic (exact) mass is 321 g/mol. The van der Waals surface area contributed by atoms with Crippen LogP contribution < -0.4 is 4.72 Å². The number of benzene rings is 1. The predicted octanol–water partition coefficient (Wildman–Crippen LogP) is 2.20. The van der Waals surface area contributed by atoms with E-state index in [1.165, 1.54) is 0 Å². The van der Waals surface area contributed by atoms with Gasteiger partial charge in [0.15, 0.2) is 11.6 Å². The van der Waals surface area contributed by atoms with E-state index in [2.05, 4.69) is 4.42 Å². The van der Waals surface area contributed by atoms with E-state index in [1.807, 2.05) is 0 Å². The lowest BCUT2D eigenvalue weighted by atomic mass is 10.3. The van der Waals surface area contributed by atoms with E-state index in [1.54, 1.807) is 4.72 Å². The van der Waals surface area contributed by atoms with Crippen LogP contribution in [0.1, 0.15) is 10.6 Å². The zero-order valence-corrected chi connectivity index (χ0v) is 10.7. The Morgan fingerprint density at radius 3 is 2.43 bits per heavy atom. The highest BCUT2D eigenvalue weighted by atomic mass is 32.2. The molecular weight excluding hydrogens is 315 g/mol. The Labute approximate surface area is 115 Å². The molecule has 1 aromatic heterocycles. The van der Waals surface area contributed by atoms with E-state index in [-0.39, 0.29) is 6.07 Å². The minimum atomic E-state index is -4.54. The Morgan fingerprint density at radius 2 is 1.86 bits per heavy atom. The zero-order chi connectivity index (χ0) is 15.8. The Bertz CT molecular complexity index is 815. The van der Waals surface area contributed by atoms with E-state index in [0.29, 0.717) is 6.07 Å². The van der Waals surface area contributed by atoms with Crippen molar-refractivity contribution < 1.29 is 35.9 Å². The summed E-state index contributed by atoms with van der Waals surface area (Å²) in [6.07, 6.45) is 0. The second kappa shape index (κ2) is 5.13. The number of carbonyl (C=O) groups is 1. The van der Waals surface area contributed by atoms with Crippen LogP contribution >= 0.6 is 0 Å². The number of hydrogen-bond acceptors (Lipinski definition) is 4. The van der Waals surface area contributed by atoms with Gasteiger partial charge in [-0.2, -0.15) is 8.42 Å². The lowest BCUT2D eigenvalue weighted by Gasteiger charge is -2.07. The maximum absolute atomic E-state index is 13.4. The first-order chi connectivity index (χ1) is 9.70. The largest absolute Gasteiger partial charge is 0.475 e. The van der Waals surface area contributed by atoms with E-state index in [4.69, 9.17) is 5.11 Å². The molecule has 1 aromatic carbocycles. The molecule has 0 aliphatic carbocycles. The topological polar surface area (TPSA) is 96.6 Å². The van der Waals surface area contributed by atoms with Gasteiger partial charge in [0.05, 0.1) is 5.69 Å². The molecule has 0 amide bonds. The molecule has 0 fully saturated rings. The van der Waals surface area contributed by atoms with Crippen LogP contribution in [0.5, 0.6) is 0 Å². The summed E-state index contributed by atoms with van der Waals surface area (Å²) in [6, 6.07) is 2.33. The minimum Gasteiger partial charge on any atom is -0.475 e. The third kappa shape index (κ3) is 2.99. The molecular formula is C11H6F3NO5S. The first-order valence-electron chi connectivity index (χ1n) is 5.21. The summed E-state index contributed by atoms with van der Waals surface area (Å²) < 4.78 is 69.0. The van der Waals surface area contributed by atoms with Crippen LogP contribution in [0.25, 0.3) is 0 Å². The molecule has 2 aromatic rings. The summed E-state index contributed by atoms with van der Waals surface area (Å²) in [5.74, 6) is -6.57. The van der Waals surface area contributed by atoms with Crippen LogP contribution in [-0.4, -0.2) is 19.5 Å². The first kappa shape index (κ1) is 14.9. The number of hydrogen-bond donors (Lipinski definition) is 2. The van der Waals surface area contributed by atoms with E-state index < -0.39 is 50.0 Å². The SMILES string of the molecule is O=C(O)c1ccc(S(=O)(=O)Nc2cc(F)cc(F)c2F)o1. The molecule has 0 aliphatic heterocycles. The third-order valence-electron chi connectivity index (χ3n) is 2.29. The van der Waals surface area contributed by atoms with Crippen molar-refractivity contribution in [1.82, 2.24) is 0 Å². The standard InChI is InChI=1S/C11H6F3NO5S/c12-5-3-6(13)10(14)7(4-5)15-21(18,19)9-2-1-8(20-9)11(16)17/h1-4,15H,(H,16,17). The highest BCUT2D eigenvalue weighted by Gasteiger charge is 2.23. The van der Waals surface area contributed by atoms with Gasteiger partial charge in [0.2, 0.25) is 10.9 Å². The Balaban J connectivity index is 2.39. The van der Waals surface area contributed by atoms with Gasteiger partial charge >= 0.3 is 5.97 Å². The van der Waals surface area contributed by atoms with E-state index in [0.717, 1.165) is 12.1 Å². The lowest BCUT2D eigenvalue weighted by molar-refractivity contribution is 0.0656. The zero-order valence-electron chi connectivity index (χ0n) is 9.93. The van der Waals surface area contributed by atoms with Gasteiger partial charge in [-0.25, -0.2) is 18.0 Å². The van der Waals surface area contributed by atoms with Crippen molar-refractivity contribution in [3.05, 3.63) is 47.5 Å². The Morgan fingerprint density at radius 1 is 1.19 bits per heavy atom. The van der Waals surface area contributed by atoms with Crippen molar-refractivity contribution in [2.75, 3.05) is 4.72 Å². The summed E-state index contributed by atoms with van der Waals surface area (Å²) in [6.45, 7) is 0. The van der Waals surface area contributed by atoms with Gasteiger partial charge in [-0.05, 0) is 12.1 Å². The molecule has 0 bridgehead atoms. The molecule has 0 aliphatic rings. The Kier molecular flexibility index (Phi) is 3.64. The van der Waals surface area contributed by atoms with Crippen LogP contribution in [0, 0.1) is 17.5 Å². The quantitative estimate of drug-likeness (QED) is 0.842. The molecule has 6 nitrogen and oxygen atoms in total. The number of halogens is 3. The van der Waals surface area contributed by atoms with Gasteiger partial charge in [-0.1, -0.05) is 0 Å². The molecule has 112 valence electrons. The van der Waals surface area contributed by atoms with Gasteiger partial charge in [-0.3, -0.25) is 4.72 Å². The van der Waals surface area contributed by atoms with Crippen molar-refractivity contribution in [2.45, 2.75) is 5.09 Å². The molecule has 21 heavy (non-hydrogen) atoms. The van der Waals surface area contributed by atoms with E-state index in [9.17, 15) is 26.4 Å². The maximum Gasteiger partial charge on any atom is 0.371 e. The number of rotatable bonds is 4. The van der Waals surface area contributed by atoms with Crippen LogP contribution in [0.3, 0.4) is 0 Å². The predicted molar refractivity (Wildman–Crippen MR) is 62.8 cm³/mol. The number of aromatic carboxylic acids is 1. The highest BCUT2D eigenvalue weighted by Crippen LogP contribution is 2.23. The molecule has 0 saturated carbocycles. The van der Waals surface area contributed by atoms with Crippen LogP contribution in [0.4, 0.5) is 18.9 Å². The number of nitrogens with one attached hydrogen (secondary N) is 1. The molecule has 0 unspecified atom stereocenters. The average molecular weight is 321 g/mol.